The van der Waals surface area contributed by atoms with Crippen molar-refractivity contribution < 1.29 is 4.39 Å². The molecule has 1 aromatic carbocycles. The van der Waals surface area contributed by atoms with E-state index in [4.69, 9.17) is 0 Å². The Morgan fingerprint density at radius 2 is 2.00 bits per heavy atom. The molecule has 1 saturated heterocycles. The summed E-state index contributed by atoms with van der Waals surface area (Å²) in [6.45, 7) is 1.73. The Morgan fingerprint density at radius 1 is 1.11 bits per heavy atom. The minimum Gasteiger partial charge on any atom is -0.341 e. The Labute approximate surface area is 161 Å². The number of hydrogen-bond acceptors (Lipinski definition) is 5. The number of aromatic amines is 1. The van der Waals surface area contributed by atoms with Crippen LogP contribution in [0.5, 0.6) is 0 Å². The number of aromatic nitrogens is 5. The molecule has 28 heavy (non-hydrogen) atoms. The molecule has 4 aromatic rings. The molecule has 0 aliphatic carbocycles. The zero-order valence-corrected chi connectivity index (χ0v) is 15.2. The summed E-state index contributed by atoms with van der Waals surface area (Å²) in [6, 6.07) is 10.5. The van der Waals surface area contributed by atoms with Gasteiger partial charge < -0.3 is 4.98 Å². The van der Waals surface area contributed by atoms with E-state index in [0.29, 0.717) is 5.82 Å². The number of pyridine rings is 1. The van der Waals surface area contributed by atoms with Crippen LogP contribution in [0.3, 0.4) is 0 Å². The molecule has 6 nitrogen and oxygen atoms in total. The number of nitrogens with zero attached hydrogens (tertiary/aromatic N) is 5. The monoisotopic (exact) mass is 374 g/mol. The van der Waals surface area contributed by atoms with Gasteiger partial charge in [-0.3, -0.25) is 9.88 Å². The molecule has 1 N–H and O–H groups in total. The van der Waals surface area contributed by atoms with E-state index in [1.807, 2.05) is 30.6 Å². The number of hydrogen-bond donors (Lipinski definition) is 1. The fourth-order valence-corrected chi connectivity index (χ4v) is 3.78. The van der Waals surface area contributed by atoms with Gasteiger partial charge in [0.05, 0.1) is 17.1 Å². The third-order valence-corrected chi connectivity index (χ3v) is 5.13. The van der Waals surface area contributed by atoms with E-state index >= 15 is 0 Å². The van der Waals surface area contributed by atoms with Crippen LogP contribution in [0.15, 0.2) is 55.0 Å². The quantitative estimate of drug-likeness (QED) is 0.587. The average molecular weight is 374 g/mol. The highest BCUT2D eigenvalue weighted by atomic mass is 19.1. The van der Waals surface area contributed by atoms with Crippen LogP contribution >= 0.6 is 0 Å². The molecule has 0 saturated carbocycles. The van der Waals surface area contributed by atoms with E-state index in [1.54, 1.807) is 12.3 Å². The van der Waals surface area contributed by atoms with Gasteiger partial charge in [0.2, 0.25) is 0 Å². The van der Waals surface area contributed by atoms with Crippen molar-refractivity contribution in [1.29, 1.82) is 0 Å². The van der Waals surface area contributed by atoms with Gasteiger partial charge in [-0.1, -0.05) is 6.07 Å². The molecular weight excluding hydrogens is 355 g/mol. The van der Waals surface area contributed by atoms with Gasteiger partial charge in [-0.15, -0.1) is 0 Å². The first kappa shape index (κ1) is 16.9. The van der Waals surface area contributed by atoms with Crippen LogP contribution in [0.25, 0.3) is 22.6 Å². The molecule has 0 unspecified atom stereocenters. The summed E-state index contributed by atoms with van der Waals surface area (Å²) in [5, 5.41) is 0. The van der Waals surface area contributed by atoms with Crippen molar-refractivity contribution in [1.82, 2.24) is 29.8 Å². The van der Waals surface area contributed by atoms with Gasteiger partial charge in [0, 0.05) is 30.7 Å². The van der Waals surface area contributed by atoms with Crippen molar-refractivity contribution in [2.45, 2.75) is 25.4 Å². The highest BCUT2D eigenvalue weighted by molar-refractivity contribution is 5.75. The van der Waals surface area contributed by atoms with Crippen molar-refractivity contribution in [3.8, 4) is 11.5 Å². The molecule has 0 bridgehead atoms. The molecule has 1 aliphatic rings. The Hall–Kier alpha value is -3.19. The zero-order valence-electron chi connectivity index (χ0n) is 15.2. The van der Waals surface area contributed by atoms with Crippen LogP contribution in [-0.4, -0.2) is 36.4 Å². The molecule has 4 heterocycles. The molecule has 140 valence electrons. The smallest absolute Gasteiger partial charge is 0.178 e. The van der Waals surface area contributed by atoms with Crippen molar-refractivity contribution in [2.24, 2.45) is 0 Å². The number of rotatable bonds is 4. The molecule has 0 amide bonds. The van der Waals surface area contributed by atoms with Gasteiger partial charge in [0.1, 0.15) is 17.3 Å². The van der Waals surface area contributed by atoms with Crippen LogP contribution in [0.2, 0.25) is 0 Å². The number of imidazole rings is 1. The lowest BCUT2D eigenvalue weighted by Gasteiger charge is -2.22. The third kappa shape index (κ3) is 3.25. The van der Waals surface area contributed by atoms with Crippen LogP contribution in [-0.2, 0) is 6.54 Å². The SMILES string of the molecule is Fc1ccc2nc([C@H]3CCCN3Cc3cnc(-c4ccccn4)nc3)[nH]c2c1. The van der Waals surface area contributed by atoms with Crippen LogP contribution < -0.4 is 0 Å². The topological polar surface area (TPSA) is 70.6 Å². The van der Waals surface area contributed by atoms with Crippen LogP contribution in [0.1, 0.15) is 30.3 Å². The zero-order chi connectivity index (χ0) is 18.9. The first-order valence-corrected chi connectivity index (χ1v) is 9.38. The lowest BCUT2D eigenvalue weighted by molar-refractivity contribution is 0.240. The number of halogens is 1. The Kier molecular flexibility index (Phi) is 4.29. The second-order valence-electron chi connectivity index (χ2n) is 7.04. The Balaban J connectivity index is 1.35. The minimum atomic E-state index is -0.254. The normalized spacial score (nSPS) is 17.4. The van der Waals surface area contributed by atoms with Crippen molar-refractivity contribution in [3.63, 3.8) is 0 Å². The summed E-state index contributed by atoms with van der Waals surface area (Å²) in [7, 11) is 0. The molecule has 0 radical (unpaired) electrons. The summed E-state index contributed by atoms with van der Waals surface area (Å²) in [5.41, 5.74) is 3.35. The summed E-state index contributed by atoms with van der Waals surface area (Å²) < 4.78 is 13.5. The predicted molar refractivity (Wildman–Crippen MR) is 104 cm³/mol. The number of fused-ring (bicyclic) bond motifs is 1. The maximum atomic E-state index is 13.5. The fraction of sp³-hybridized carbons (Fsp3) is 0.238. The predicted octanol–water partition coefficient (Wildman–Crippen LogP) is 3.89. The number of benzene rings is 1. The Morgan fingerprint density at radius 3 is 2.82 bits per heavy atom. The second kappa shape index (κ2) is 7.09. The van der Waals surface area contributed by atoms with E-state index in [0.717, 1.165) is 54.0 Å². The van der Waals surface area contributed by atoms with Gasteiger partial charge in [0.25, 0.3) is 0 Å². The Bertz CT molecular complexity index is 1090. The molecule has 5 rings (SSSR count). The van der Waals surface area contributed by atoms with E-state index in [9.17, 15) is 4.39 Å². The lowest BCUT2D eigenvalue weighted by atomic mass is 10.2. The molecule has 1 fully saturated rings. The number of H-pyrrole nitrogens is 1. The van der Waals surface area contributed by atoms with E-state index in [-0.39, 0.29) is 11.9 Å². The highest BCUT2D eigenvalue weighted by Gasteiger charge is 2.28. The lowest BCUT2D eigenvalue weighted by Crippen LogP contribution is -2.23. The van der Waals surface area contributed by atoms with Crippen molar-refractivity contribution >= 4 is 11.0 Å². The van der Waals surface area contributed by atoms with Gasteiger partial charge in [-0.2, -0.15) is 0 Å². The first-order valence-electron chi connectivity index (χ1n) is 9.38. The van der Waals surface area contributed by atoms with Gasteiger partial charge in [0.15, 0.2) is 5.82 Å². The molecule has 7 heteroatoms. The standard InChI is InChI=1S/C21H19FN6/c22-15-6-7-16-18(10-15)27-21(26-16)19-5-3-9-28(19)13-14-11-24-20(25-12-14)17-4-1-2-8-23-17/h1-2,4,6-8,10-12,19H,3,5,9,13H2,(H,26,27)/t19-/m1/s1. The van der Waals surface area contributed by atoms with Gasteiger partial charge in [-0.05, 0) is 49.7 Å². The molecule has 1 aliphatic heterocycles. The molecular formula is C21H19FN6. The minimum absolute atomic E-state index is 0.186. The molecule has 3 aromatic heterocycles. The second-order valence-corrected chi connectivity index (χ2v) is 7.04. The average Bonchev–Trinajstić information content (AvgIpc) is 3.35. The number of likely N-dealkylation sites (tertiary alicyclic amines) is 1. The number of nitrogens with one attached hydrogen (secondary N) is 1. The van der Waals surface area contributed by atoms with E-state index in [1.165, 1.54) is 12.1 Å². The molecule has 1 atom stereocenters. The van der Waals surface area contributed by atoms with Crippen LogP contribution in [0, 0.1) is 5.82 Å². The van der Waals surface area contributed by atoms with E-state index in [2.05, 4.69) is 29.8 Å². The maximum Gasteiger partial charge on any atom is 0.178 e. The molecule has 0 spiro atoms. The van der Waals surface area contributed by atoms with Gasteiger partial charge in [-0.25, -0.2) is 19.3 Å². The van der Waals surface area contributed by atoms with Crippen molar-refractivity contribution in [3.05, 3.63) is 72.2 Å². The fourth-order valence-electron chi connectivity index (χ4n) is 3.78. The highest BCUT2D eigenvalue weighted by Crippen LogP contribution is 2.32. The summed E-state index contributed by atoms with van der Waals surface area (Å²) >= 11 is 0. The summed E-state index contributed by atoms with van der Waals surface area (Å²) in [5.74, 6) is 1.27. The van der Waals surface area contributed by atoms with Gasteiger partial charge >= 0.3 is 0 Å². The van der Waals surface area contributed by atoms with Crippen LogP contribution in [0.4, 0.5) is 4.39 Å². The largest absolute Gasteiger partial charge is 0.341 e. The van der Waals surface area contributed by atoms with E-state index < -0.39 is 0 Å². The summed E-state index contributed by atoms with van der Waals surface area (Å²) in [6.07, 6.45) is 7.58. The summed E-state index contributed by atoms with van der Waals surface area (Å²) in [4.78, 5) is 23.6. The third-order valence-electron chi connectivity index (χ3n) is 5.13. The first-order chi connectivity index (χ1) is 13.8. The van der Waals surface area contributed by atoms with Crippen molar-refractivity contribution in [2.75, 3.05) is 6.54 Å². The maximum absolute atomic E-state index is 13.5.